The van der Waals surface area contributed by atoms with Gasteiger partial charge in [-0.05, 0) is 45.0 Å². The lowest BCUT2D eigenvalue weighted by Crippen LogP contribution is -2.52. The van der Waals surface area contributed by atoms with Gasteiger partial charge in [0.15, 0.2) is 11.6 Å². The van der Waals surface area contributed by atoms with Gasteiger partial charge in [0.05, 0.1) is 4.90 Å². The second-order valence-electron chi connectivity index (χ2n) is 5.33. The highest BCUT2D eigenvalue weighted by molar-refractivity contribution is 7.89. The van der Waals surface area contributed by atoms with Crippen LogP contribution >= 0.6 is 0 Å². The molecule has 0 bridgehead atoms. The molecule has 1 aromatic rings. The van der Waals surface area contributed by atoms with E-state index in [4.69, 9.17) is 0 Å². The normalized spacial score (nSPS) is 22.2. The van der Waals surface area contributed by atoms with Crippen molar-refractivity contribution in [1.82, 2.24) is 9.62 Å². The van der Waals surface area contributed by atoms with Crippen molar-refractivity contribution in [3.63, 3.8) is 0 Å². The molecule has 2 rings (SSSR count). The SMILES string of the molecule is CNC(C)C1CCCCN1S(=O)(=O)c1ccc(F)c(F)c1. The summed E-state index contributed by atoms with van der Waals surface area (Å²) in [5.74, 6) is -2.20. The Labute approximate surface area is 124 Å². The molecule has 0 amide bonds. The van der Waals surface area contributed by atoms with Gasteiger partial charge in [0, 0.05) is 18.6 Å². The molecular formula is C14H20F2N2O2S. The monoisotopic (exact) mass is 318 g/mol. The van der Waals surface area contributed by atoms with Gasteiger partial charge in [0.2, 0.25) is 10.0 Å². The first-order chi connectivity index (χ1) is 9.87. The van der Waals surface area contributed by atoms with Gasteiger partial charge < -0.3 is 5.32 Å². The molecule has 2 atom stereocenters. The number of nitrogens with zero attached hydrogens (tertiary/aromatic N) is 1. The van der Waals surface area contributed by atoms with Gasteiger partial charge in [-0.15, -0.1) is 0 Å². The molecule has 1 N–H and O–H groups in total. The van der Waals surface area contributed by atoms with Crippen LogP contribution in [0.1, 0.15) is 26.2 Å². The van der Waals surface area contributed by atoms with Crippen molar-refractivity contribution >= 4 is 10.0 Å². The minimum atomic E-state index is -3.82. The van der Waals surface area contributed by atoms with E-state index in [0.29, 0.717) is 6.54 Å². The average molecular weight is 318 g/mol. The largest absolute Gasteiger partial charge is 0.316 e. The number of halogens is 2. The summed E-state index contributed by atoms with van der Waals surface area (Å²) in [6.45, 7) is 2.32. The first-order valence-corrected chi connectivity index (χ1v) is 8.46. The Morgan fingerprint density at radius 2 is 2.00 bits per heavy atom. The van der Waals surface area contributed by atoms with Crippen molar-refractivity contribution in [3.05, 3.63) is 29.8 Å². The van der Waals surface area contributed by atoms with Gasteiger partial charge in [-0.3, -0.25) is 0 Å². The topological polar surface area (TPSA) is 49.4 Å². The number of hydrogen-bond donors (Lipinski definition) is 1. The molecule has 7 heteroatoms. The van der Waals surface area contributed by atoms with Gasteiger partial charge in [-0.1, -0.05) is 6.42 Å². The summed E-state index contributed by atoms with van der Waals surface area (Å²) in [6.07, 6.45) is 2.49. The molecular weight excluding hydrogens is 298 g/mol. The predicted molar refractivity (Wildman–Crippen MR) is 76.4 cm³/mol. The first-order valence-electron chi connectivity index (χ1n) is 7.02. The third kappa shape index (κ3) is 3.25. The third-order valence-electron chi connectivity index (χ3n) is 4.03. The van der Waals surface area contributed by atoms with Crippen molar-refractivity contribution in [3.8, 4) is 0 Å². The van der Waals surface area contributed by atoms with Crippen molar-refractivity contribution in [1.29, 1.82) is 0 Å². The molecule has 4 nitrogen and oxygen atoms in total. The van der Waals surface area contributed by atoms with E-state index >= 15 is 0 Å². The van der Waals surface area contributed by atoms with Gasteiger partial charge >= 0.3 is 0 Å². The van der Waals surface area contributed by atoms with Crippen LogP contribution in [0.15, 0.2) is 23.1 Å². The van der Waals surface area contributed by atoms with Crippen LogP contribution in [0.5, 0.6) is 0 Å². The zero-order chi connectivity index (χ0) is 15.6. The molecule has 1 aromatic carbocycles. The maximum atomic E-state index is 13.3. The third-order valence-corrected chi connectivity index (χ3v) is 5.95. The smallest absolute Gasteiger partial charge is 0.243 e. The van der Waals surface area contributed by atoms with Crippen molar-refractivity contribution in [2.24, 2.45) is 0 Å². The molecule has 1 fully saturated rings. The van der Waals surface area contributed by atoms with Crippen LogP contribution in [0.3, 0.4) is 0 Å². The number of sulfonamides is 1. The van der Waals surface area contributed by atoms with Crippen molar-refractivity contribution in [2.75, 3.05) is 13.6 Å². The molecule has 2 unspecified atom stereocenters. The molecule has 1 saturated heterocycles. The summed E-state index contributed by atoms with van der Waals surface area (Å²) in [5, 5.41) is 3.07. The molecule has 0 saturated carbocycles. The van der Waals surface area contributed by atoms with Crippen molar-refractivity contribution < 1.29 is 17.2 Å². The summed E-state index contributed by atoms with van der Waals surface area (Å²) in [4.78, 5) is -0.198. The minimum Gasteiger partial charge on any atom is -0.316 e. The fourth-order valence-electron chi connectivity index (χ4n) is 2.69. The van der Waals surface area contributed by atoms with E-state index in [1.165, 1.54) is 4.31 Å². The van der Waals surface area contributed by atoms with Crippen LogP contribution in [0, 0.1) is 11.6 Å². The second kappa shape index (κ2) is 6.37. The number of piperidine rings is 1. The lowest BCUT2D eigenvalue weighted by Gasteiger charge is -2.38. The van der Waals surface area contributed by atoms with Gasteiger partial charge in [-0.25, -0.2) is 17.2 Å². The highest BCUT2D eigenvalue weighted by Gasteiger charge is 2.36. The van der Waals surface area contributed by atoms with E-state index in [2.05, 4.69) is 5.32 Å². The van der Waals surface area contributed by atoms with Gasteiger partial charge in [-0.2, -0.15) is 4.31 Å². The summed E-state index contributed by atoms with van der Waals surface area (Å²) in [7, 11) is -2.04. The Bertz CT molecular complexity index is 607. The van der Waals surface area contributed by atoms with Crippen LogP contribution in [-0.4, -0.2) is 38.4 Å². The minimum absolute atomic E-state index is 0.00892. The predicted octanol–water partition coefficient (Wildman–Crippen LogP) is 2.12. The lowest BCUT2D eigenvalue weighted by atomic mass is 9.99. The standard InChI is InChI=1S/C14H20F2N2O2S/c1-10(17-2)14-5-3-4-8-18(14)21(19,20)11-6-7-12(15)13(16)9-11/h6-7,9-10,14,17H,3-5,8H2,1-2H3. The first kappa shape index (κ1) is 16.3. The molecule has 1 aliphatic heterocycles. The lowest BCUT2D eigenvalue weighted by molar-refractivity contribution is 0.213. The van der Waals surface area contributed by atoms with E-state index in [0.717, 1.165) is 37.5 Å². The molecule has 1 heterocycles. The summed E-state index contributed by atoms with van der Waals surface area (Å²) < 4.78 is 53.1. The Morgan fingerprint density at radius 1 is 1.29 bits per heavy atom. The average Bonchev–Trinajstić information content (AvgIpc) is 2.49. The van der Waals surface area contributed by atoms with Crippen LogP contribution in [0.4, 0.5) is 8.78 Å². The number of benzene rings is 1. The van der Waals surface area contributed by atoms with Gasteiger partial charge in [0.25, 0.3) is 0 Å². The summed E-state index contributed by atoms with van der Waals surface area (Å²) in [6, 6.07) is 2.53. The fourth-order valence-corrected chi connectivity index (χ4v) is 4.47. The highest BCUT2D eigenvalue weighted by Crippen LogP contribution is 2.27. The number of nitrogens with one attached hydrogen (secondary N) is 1. The second-order valence-corrected chi connectivity index (χ2v) is 7.22. The van der Waals surface area contributed by atoms with Crippen molar-refractivity contribution in [2.45, 2.75) is 43.2 Å². The van der Waals surface area contributed by atoms with E-state index in [1.807, 2.05) is 6.92 Å². The number of rotatable bonds is 4. The summed E-state index contributed by atoms with van der Waals surface area (Å²) in [5.41, 5.74) is 0. The quantitative estimate of drug-likeness (QED) is 0.925. The highest BCUT2D eigenvalue weighted by atomic mass is 32.2. The van der Waals surface area contributed by atoms with E-state index in [1.54, 1.807) is 7.05 Å². The van der Waals surface area contributed by atoms with Crippen LogP contribution in [-0.2, 0) is 10.0 Å². The Hall–Kier alpha value is -1.05. The fraction of sp³-hybridized carbons (Fsp3) is 0.571. The van der Waals surface area contributed by atoms with Crippen LogP contribution in [0.2, 0.25) is 0 Å². The van der Waals surface area contributed by atoms with Crippen LogP contribution in [0.25, 0.3) is 0 Å². The molecule has 0 aromatic heterocycles. The van der Waals surface area contributed by atoms with E-state index in [-0.39, 0.29) is 17.0 Å². The number of likely N-dealkylation sites (N-methyl/N-ethyl adjacent to an activating group) is 1. The van der Waals surface area contributed by atoms with E-state index < -0.39 is 21.7 Å². The Balaban J connectivity index is 2.38. The molecule has 21 heavy (non-hydrogen) atoms. The zero-order valence-corrected chi connectivity index (χ0v) is 13.0. The molecule has 0 spiro atoms. The number of hydrogen-bond acceptors (Lipinski definition) is 3. The molecule has 118 valence electrons. The Morgan fingerprint density at radius 3 is 2.62 bits per heavy atom. The van der Waals surface area contributed by atoms with E-state index in [9.17, 15) is 17.2 Å². The van der Waals surface area contributed by atoms with Crippen LogP contribution < -0.4 is 5.32 Å². The molecule has 0 aliphatic carbocycles. The molecule has 1 aliphatic rings. The van der Waals surface area contributed by atoms with Gasteiger partial charge in [0.1, 0.15) is 0 Å². The maximum Gasteiger partial charge on any atom is 0.243 e. The zero-order valence-electron chi connectivity index (χ0n) is 12.1. The summed E-state index contributed by atoms with van der Waals surface area (Å²) >= 11 is 0. The maximum absolute atomic E-state index is 13.3. The Kier molecular flexibility index (Phi) is 4.95. The molecule has 0 radical (unpaired) electrons.